The topological polar surface area (TPSA) is 35.1 Å². The first-order chi connectivity index (χ1) is 22.8. The van der Waals surface area contributed by atoms with E-state index in [-0.39, 0.29) is 0 Å². The molecule has 0 saturated carbocycles. The molecule has 6 aromatic heterocycles. The van der Waals surface area contributed by atoms with Crippen molar-refractivity contribution in [3.8, 4) is 0 Å². The molecule has 212 valence electrons. The number of aromatic nitrogens is 2. The van der Waals surface area contributed by atoms with Crippen LogP contribution in [-0.2, 0) is 6.42 Å². The SMILES string of the molecule is C1=Cc2oc3cc4c5ccccc5n5c6cc7c8c9c(cc%10c%11ccccc%11n(c7cc6c(c3c2CC1)c45)c%108)oc1ccccc19. The minimum atomic E-state index is 0.929. The lowest BCUT2D eigenvalue weighted by molar-refractivity contribution is 0.596. The van der Waals surface area contributed by atoms with Crippen LogP contribution in [0.2, 0.25) is 0 Å². The summed E-state index contributed by atoms with van der Waals surface area (Å²) in [5.41, 5.74) is 11.7. The highest BCUT2D eigenvalue weighted by Gasteiger charge is 2.28. The Bertz CT molecular complexity index is 3360. The number of fused-ring (bicyclic) bond motifs is 20. The van der Waals surface area contributed by atoms with Crippen LogP contribution in [-0.4, -0.2) is 8.80 Å². The smallest absolute Gasteiger partial charge is 0.136 e. The lowest BCUT2D eigenvalue weighted by Gasteiger charge is -2.04. The Morgan fingerprint density at radius 3 is 1.74 bits per heavy atom. The third-order valence-corrected chi connectivity index (χ3v) is 11.0. The number of allylic oxidation sites excluding steroid dienone is 1. The minimum Gasteiger partial charge on any atom is -0.456 e. The molecule has 0 bridgehead atoms. The number of aryl methyl sites for hydroxylation is 1. The number of furan rings is 2. The Hall–Kier alpha value is -6.00. The van der Waals surface area contributed by atoms with Crippen molar-refractivity contribution in [1.82, 2.24) is 8.80 Å². The Morgan fingerprint density at radius 2 is 1.04 bits per heavy atom. The number of benzene rings is 6. The quantitative estimate of drug-likeness (QED) is 0.177. The average Bonchev–Trinajstić information content (AvgIpc) is 3.92. The normalized spacial score (nSPS) is 14.3. The van der Waals surface area contributed by atoms with Crippen LogP contribution < -0.4 is 0 Å². The van der Waals surface area contributed by atoms with E-state index in [4.69, 9.17) is 8.83 Å². The molecule has 0 radical (unpaired) electrons. The number of hydrogen-bond acceptors (Lipinski definition) is 2. The van der Waals surface area contributed by atoms with Gasteiger partial charge in [0.2, 0.25) is 0 Å². The summed E-state index contributed by atoms with van der Waals surface area (Å²) in [4.78, 5) is 0. The molecule has 0 aliphatic heterocycles. The molecule has 4 nitrogen and oxygen atoms in total. The Labute approximate surface area is 259 Å². The summed E-state index contributed by atoms with van der Waals surface area (Å²) in [7, 11) is 0. The predicted octanol–water partition coefficient (Wildman–Crippen LogP) is 11.6. The van der Waals surface area contributed by atoms with Gasteiger partial charge in [-0.3, -0.25) is 0 Å². The summed E-state index contributed by atoms with van der Waals surface area (Å²) < 4.78 is 18.2. The molecule has 0 amide bonds. The predicted molar refractivity (Wildman–Crippen MR) is 190 cm³/mol. The third-order valence-electron chi connectivity index (χ3n) is 11.0. The van der Waals surface area contributed by atoms with Crippen molar-refractivity contribution < 1.29 is 8.83 Å². The van der Waals surface area contributed by atoms with Crippen molar-refractivity contribution in [2.45, 2.75) is 12.8 Å². The fraction of sp³-hybridized carbons (Fsp3) is 0.0476. The van der Waals surface area contributed by atoms with Gasteiger partial charge in [0.1, 0.15) is 22.5 Å². The van der Waals surface area contributed by atoms with Crippen LogP contribution in [0.3, 0.4) is 0 Å². The zero-order valence-corrected chi connectivity index (χ0v) is 24.5. The molecule has 0 N–H and O–H groups in total. The molecular formula is C42H22N2O2. The molecule has 4 heteroatoms. The van der Waals surface area contributed by atoms with Crippen molar-refractivity contribution in [2.75, 3.05) is 0 Å². The van der Waals surface area contributed by atoms with Crippen LogP contribution in [0.1, 0.15) is 17.7 Å². The summed E-state index contributed by atoms with van der Waals surface area (Å²) >= 11 is 0. The first-order valence-corrected chi connectivity index (χ1v) is 16.1. The molecule has 46 heavy (non-hydrogen) atoms. The summed E-state index contributed by atoms with van der Waals surface area (Å²) in [6.07, 6.45) is 6.44. The van der Waals surface area contributed by atoms with E-state index in [0.717, 1.165) is 40.7 Å². The van der Waals surface area contributed by atoms with E-state index in [0.29, 0.717) is 0 Å². The van der Waals surface area contributed by atoms with Crippen LogP contribution in [0.5, 0.6) is 0 Å². The summed E-state index contributed by atoms with van der Waals surface area (Å²) in [6.45, 7) is 0. The van der Waals surface area contributed by atoms with Gasteiger partial charge < -0.3 is 17.6 Å². The molecule has 0 saturated heterocycles. The van der Waals surface area contributed by atoms with Crippen LogP contribution in [0, 0.1) is 0 Å². The van der Waals surface area contributed by atoms with Gasteiger partial charge in [-0.25, -0.2) is 0 Å². The lowest BCUT2D eigenvalue weighted by atomic mass is 9.96. The average molecular weight is 587 g/mol. The van der Waals surface area contributed by atoms with Gasteiger partial charge in [-0.2, -0.15) is 0 Å². The van der Waals surface area contributed by atoms with Gasteiger partial charge in [-0.15, -0.1) is 0 Å². The van der Waals surface area contributed by atoms with Crippen LogP contribution in [0.4, 0.5) is 0 Å². The highest BCUT2D eigenvalue weighted by atomic mass is 16.3. The third kappa shape index (κ3) is 2.31. The van der Waals surface area contributed by atoms with Crippen molar-refractivity contribution in [3.63, 3.8) is 0 Å². The largest absolute Gasteiger partial charge is 0.456 e. The highest BCUT2D eigenvalue weighted by Crippen LogP contribution is 2.50. The number of rotatable bonds is 0. The van der Waals surface area contributed by atoms with Crippen molar-refractivity contribution in [3.05, 3.63) is 114 Å². The van der Waals surface area contributed by atoms with Crippen molar-refractivity contribution in [2.24, 2.45) is 0 Å². The van der Waals surface area contributed by atoms with Crippen molar-refractivity contribution in [1.29, 1.82) is 0 Å². The van der Waals surface area contributed by atoms with Crippen LogP contribution >= 0.6 is 0 Å². The second kappa shape index (κ2) is 7.27. The van der Waals surface area contributed by atoms with Gasteiger partial charge in [0.05, 0.1) is 33.1 Å². The maximum Gasteiger partial charge on any atom is 0.136 e. The lowest BCUT2D eigenvalue weighted by Crippen LogP contribution is -1.89. The molecule has 6 heterocycles. The Balaban J connectivity index is 1.37. The Morgan fingerprint density at radius 1 is 0.457 bits per heavy atom. The molecule has 1 aliphatic rings. The first kappa shape index (κ1) is 22.5. The highest BCUT2D eigenvalue weighted by molar-refractivity contribution is 6.38. The Kier molecular flexibility index (Phi) is 3.56. The van der Waals surface area contributed by atoms with E-state index in [1.54, 1.807) is 0 Å². The van der Waals surface area contributed by atoms with Gasteiger partial charge in [0.15, 0.2) is 0 Å². The standard InChI is InChI=1S/C42H22N2O2/c1-5-13-29-21(9-1)25-19-35-37(23-11-3-7-15-33(23)45-35)39-27-18-32-28(17-31(27)43(29)41(25)39)40-38-24-12-4-8-16-34(24)46-36(38)20-26-22-10-2-6-14-30(22)44(32)42(26)40/h1-3,5-11,13-20H,4,12H2. The fourth-order valence-corrected chi connectivity index (χ4v) is 9.29. The maximum absolute atomic E-state index is 6.60. The first-order valence-electron chi connectivity index (χ1n) is 16.1. The van der Waals surface area contributed by atoms with E-state index in [1.165, 1.54) is 92.5 Å². The van der Waals surface area contributed by atoms with Gasteiger partial charge in [0.25, 0.3) is 0 Å². The second-order valence-electron chi connectivity index (χ2n) is 13.1. The van der Waals surface area contributed by atoms with E-state index in [9.17, 15) is 0 Å². The monoisotopic (exact) mass is 586 g/mol. The number of para-hydroxylation sites is 3. The van der Waals surface area contributed by atoms with Gasteiger partial charge in [0, 0.05) is 64.8 Å². The molecular weight excluding hydrogens is 564 g/mol. The molecule has 0 unspecified atom stereocenters. The molecule has 0 spiro atoms. The number of nitrogens with zero attached hydrogens (tertiary/aromatic N) is 2. The fourth-order valence-electron chi connectivity index (χ4n) is 9.29. The zero-order valence-electron chi connectivity index (χ0n) is 24.5. The summed E-state index contributed by atoms with van der Waals surface area (Å²) in [5, 5.41) is 13.8. The molecule has 13 rings (SSSR count). The number of hydrogen-bond donors (Lipinski definition) is 0. The van der Waals surface area contributed by atoms with Gasteiger partial charge >= 0.3 is 0 Å². The van der Waals surface area contributed by atoms with Gasteiger partial charge in [-0.05, 0) is 61.4 Å². The second-order valence-corrected chi connectivity index (χ2v) is 13.1. The summed E-state index contributed by atoms with van der Waals surface area (Å²) in [5.74, 6) is 1.01. The summed E-state index contributed by atoms with van der Waals surface area (Å²) in [6, 6.07) is 35.6. The van der Waals surface area contributed by atoms with Gasteiger partial charge in [-0.1, -0.05) is 60.7 Å². The van der Waals surface area contributed by atoms with Crippen LogP contribution in [0.15, 0.2) is 112 Å². The minimum absolute atomic E-state index is 0.929. The van der Waals surface area contributed by atoms with E-state index in [2.05, 4.69) is 118 Å². The van der Waals surface area contributed by atoms with Crippen LogP contribution in [0.25, 0.3) is 115 Å². The van der Waals surface area contributed by atoms with E-state index < -0.39 is 0 Å². The maximum atomic E-state index is 6.60. The molecule has 1 aliphatic carbocycles. The van der Waals surface area contributed by atoms with E-state index >= 15 is 0 Å². The molecule has 0 fully saturated rings. The molecule has 12 aromatic rings. The van der Waals surface area contributed by atoms with E-state index in [1.807, 2.05) is 0 Å². The molecule has 0 atom stereocenters. The molecule has 6 aromatic carbocycles. The zero-order chi connectivity index (χ0) is 29.4. The van der Waals surface area contributed by atoms with Crippen molar-refractivity contribution >= 4 is 115 Å².